The lowest BCUT2D eigenvalue weighted by molar-refractivity contribution is -0.128. The summed E-state index contributed by atoms with van der Waals surface area (Å²) in [6.45, 7) is 0.677. The average molecular weight is 374 g/mol. The van der Waals surface area contributed by atoms with E-state index in [1.807, 2.05) is 12.2 Å². The SMILES string of the molecule is O=C(NO)C1=CC2CC[C@]3(CCN(c4cncc(Cl)c4)C3=O)CC2C=C1. The summed E-state index contributed by atoms with van der Waals surface area (Å²) in [5.74, 6) is 0.126. The van der Waals surface area contributed by atoms with Gasteiger partial charge in [-0.15, -0.1) is 0 Å². The zero-order valence-corrected chi connectivity index (χ0v) is 14.9. The normalized spacial score (nSPS) is 30.3. The number of carbonyl (C=O) groups excluding carboxylic acids is 2. The number of nitrogens with zero attached hydrogens (tertiary/aromatic N) is 2. The molecule has 1 aromatic heterocycles. The minimum absolute atomic E-state index is 0.149. The summed E-state index contributed by atoms with van der Waals surface area (Å²) in [7, 11) is 0. The minimum Gasteiger partial charge on any atom is -0.310 e. The molecule has 6 nitrogen and oxygen atoms in total. The van der Waals surface area contributed by atoms with Crippen molar-refractivity contribution < 1.29 is 14.8 Å². The van der Waals surface area contributed by atoms with Crippen LogP contribution >= 0.6 is 11.6 Å². The Morgan fingerprint density at radius 2 is 2.19 bits per heavy atom. The molecule has 2 unspecified atom stereocenters. The molecule has 1 aromatic rings. The first kappa shape index (κ1) is 17.2. The van der Waals surface area contributed by atoms with Crippen molar-refractivity contribution >= 4 is 29.1 Å². The number of fused-ring (bicyclic) bond motifs is 1. The Morgan fingerprint density at radius 1 is 1.35 bits per heavy atom. The maximum absolute atomic E-state index is 13.2. The molecular formula is C19H20ClN3O3. The van der Waals surface area contributed by atoms with Crippen LogP contribution in [0.25, 0.3) is 0 Å². The molecule has 0 aromatic carbocycles. The van der Waals surface area contributed by atoms with Gasteiger partial charge in [-0.05, 0) is 43.6 Å². The molecule has 3 aliphatic rings. The van der Waals surface area contributed by atoms with Gasteiger partial charge in [0.2, 0.25) is 5.91 Å². The number of hydroxylamine groups is 1. The summed E-state index contributed by atoms with van der Waals surface area (Å²) in [5, 5.41) is 9.33. The monoisotopic (exact) mass is 373 g/mol. The molecule has 0 radical (unpaired) electrons. The maximum Gasteiger partial charge on any atom is 0.274 e. The fourth-order valence-corrected chi connectivity index (χ4v) is 4.71. The number of allylic oxidation sites excluding steroid dienone is 2. The zero-order chi connectivity index (χ0) is 18.3. The van der Waals surface area contributed by atoms with Crippen molar-refractivity contribution in [2.24, 2.45) is 17.3 Å². The van der Waals surface area contributed by atoms with Crippen LogP contribution < -0.4 is 10.4 Å². The predicted molar refractivity (Wildman–Crippen MR) is 96.6 cm³/mol. The number of hydrogen-bond acceptors (Lipinski definition) is 4. The van der Waals surface area contributed by atoms with Crippen LogP contribution in [0.1, 0.15) is 25.7 Å². The van der Waals surface area contributed by atoms with Gasteiger partial charge in [-0.2, -0.15) is 0 Å². The zero-order valence-electron chi connectivity index (χ0n) is 14.2. The first-order chi connectivity index (χ1) is 12.5. The van der Waals surface area contributed by atoms with Crippen molar-refractivity contribution in [2.45, 2.75) is 25.7 Å². The number of rotatable bonds is 2. The lowest BCUT2D eigenvalue weighted by atomic mass is 9.63. The average Bonchev–Trinajstić information content (AvgIpc) is 2.96. The highest BCUT2D eigenvalue weighted by molar-refractivity contribution is 6.30. The molecule has 2 heterocycles. The molecule has 7 heteroatoms. The quantitative estimate of drug-likeness (QED) is 0.617. The standard InChI is InChI=1S/C19H20ClN3O3/c20-15-8-16(11-21-10-15)23-6-5-19(18(23)25)4-3-12-7-13(17(24)22-26)1-2-14(12)9-19/h1-2,7-8,10-12,14,26H,3-6,9H2,(H,22,24)/t12?,14?,19-/m0/s1. The van der Waals surface area contributed by atoms with Gasteiger partial charge >= 0.3 is 0 Å². The van der Waals surface area contributed by atoms with Crippen LogP contribution in [0.4, 0.5) is 5.69 Å². The molecule has 1 saturated heterocycles. The Kier molecular flexibility index (Phi) is 4.32. The number of anilines is 1. The van der Waals surface area contributed by atoms with Gasteiger partial charge in [0, 0.05) is 18.3 Å². The second kappa shape index (κ2) is 6.52. The number of nitrogens with one attached hydrogen (secondary N) is 1. The van der Waals surface area contributed by atoms with Crippen LogP contribution in [0, 0.1) is 17.3 Å². The largest absolute Gasteiger partial charge is 0.310 e. The van der Waals surface area contributed by atoms with Gasteiger partial charge in [-0.3, -0.25) is 19.8 Å². The van der Waals surface area contributed by atoms with E-state index < -0.39 is 5.91 Å². The van der Waals surface area contributed by atoms with Gasteiger partial charge in [0.1, 0.15) is 0 Å². The molecule has 2 aliphatic carbocycles. The number of carbonyl (C=O) groups is 2. The Labute approximate surface area is 156 Å². The molecule has 26 heavy (non-hydrogen) atoms. The third-order valence-corrected chi connectivity index (χ3v) is 6.13. The highest BCUT2D eigenvalue weighted by atomic mass is 35.5. The van der Waals surface area contributed by atoms with E-state index in [0.717, 1.165) is 31.4 Å². The van der Waals surface area contributed by atoms with Crippen molar-refractivity contribution in [1.82, 2.24) is 10.5 Å². The third-order valence-electron chi connectivity index (χ3n) is 5.93. The lowest BCUT2D eigenvalue weighted by Crippen LogP contribution is -2.41. The second-order valence-electron chi connectivity index (χ2n) is 7.34. The van der Waals surface area contributed by atoms with Gasteiger partial charge in [0.25, 0.3) is 5.91 Å². The van der Waals surface area contributed by atoms with Crippen molar-refractivity contribution in [2.75, 3.05) is 11.4 Å². The summed E-state index contributed by atoms with van der Waals surface area (Å²) in [6, 6.07) is 1.78. The van der Waals surface area contributed by atoms with Crippen LogP contribution in [0.3, 0.4) is 0 Å². The summed E-state index contributed by atoms with van der Waals surface area (Å²) in [6.07, 6.45) is 12.2. The van der Waals surface area contributed by atoms with Crippen molar-refractivity contribution in [3.8, 4) is 0 Å². The van der Waals surface area contributed by atoms with E-state index >= 15 is 0 Å². The van der Waals surface area contributed by atoms with Gasteiger partial charge in [0.15, 0.2) is 0 Å². The molecule has 2 amide bonds. The van der Waals surface area contributed by atoms with E-state index in [0.29, 0.717) is 17.1 Å². The lowest BCUT2D eigenvalue weighted by Gasteiger charge is -2.40. The number of halogens is 1. The van der Waals surface area contributed by atoms with Crippen LogP contribution in [0.2, 0.25) is 5.02 Å². The molecule has 1 spiro atoms. The van der Waals surface area contributed by atoms with Gasteiger partial charge in [-0.25, -0.2) is 5.48 Å². The summed E-state index contributed by atoms with van der Waals surface area (Å²) in [5.41, 5.74) is 2.56. The maximum atomic E-state index is 13.2. The number of pyridine rings is 1. The summed E-state index contributed by atoms with van der Waals surface area (Å²) < 4.78 is 0. The molecule has 2 N–H and O–H groups in total. The predicted octanol–water partition coefficient (Wildman–Crippen LogP) is 2.88. The Balaban J connectivity index is 1.52. The Morgan fingerprint density at radius 3 is 2.96 bits per heavy atom. The number of aromatic nitrogens is 1. The molecule has 3 atom stereocenters. The molecule has 1 saturated carbocycles. The van der Waals surface area contributed by atoms with E-state index in [4.69, 9.17) is 16.8 Å². The van der Waals surface area contributed by atoms with E-state index in [2.05, 4.69) is 4.98 Å². The fraction of sp³-hybridized carbons (Fsp3) is 0.421. The van der Waals surface area contributed by atoms with Crippen molar-refractivity contribution in [3.05, 3.63) is 47.3 Å². The third kappa shape index (κ3) is 2.83. The highest BCUT2D eigenvalue weighted by Crippen LogP contribution is 2.51. The van der Waals surface area contributed by atoms with Crippen LogP contribution in [0.15, 0.2) is 42.3 Å². The Bertz CT molecular complexity index is 822. The number of hydrogen-bond donors (Lipinski definition) is 2. The highest BCUT2D eigenvalue weighted by Gasteiger charge is 2.51. The first-order valence-electron chi connectivity index (χ1n) is 8.79. The number of amides is 2. The van der Waals surface area contributed by atoms with E-state index in [9.17, 15) is 9.59 Å². The molecule has 136 valence electrons. The van der Waals surface area contributed by atoms with Crippen molar-refractivity contribution in [3.63, 3.8) is 0 Å². The van der Waals surface area contributed by atoms with Crippen LogP contribution in [0.5, 0.6) is 0 Å². The summed E-state index contributed by atoms with van der Waals surface area (Å²) in [4.78, 5) is 30.7. The molecule has 2 fully saturated rings. The molecule has 1 aliphatic heterocycles. The van der Waals surface area contributed by atoms with Crippen LogP contribution in [-0.4, -0.2) is 28.6 Å². The van der Waals surface area contributed by atoms with Crippen LogP contribution in [-0.2, 0) is 9.59 Å². The fourth-order valence-electron chi connectivity index (χ4n) is 4.55. The van der Waals surface area contributed by atoms with Gasteiger partial charge in [-0.1, -0.05) is 29.8 Å². The smallest absolute Gasteiger partial charge is 0.274 e. The van der Waals surface area contributed by atoms with E-state index in [-0.39, 0.29) is 23.2 Å². The second-order valence-corrected chi connectivity index (χ2v) is 7.78. The summed E-state index contributed by atoms with van der Waals surface area (Å²) >= 11 is 6.02. The minimum atomic E-state index is -0.489. The van der Waals surface area contributed by atoms with E-state index in [1.54, 1.807) is 34.9 Å². The van der Waals surface area contributed by atoms with E-state index in [1.165, 1.54) is 0 Å². The topological polar surface area (TPSA) is 82.5 Å². The molecule has 4 rings (SSSR count). The Hall–Kier alpha value is -2.18. The van der Waals surface area contributed by atoms with Crippen molar-refractivity contribution in [1.29, 1.82) is 0 Å². The van der Waals surface area contributed by atoms with Gasteiger partial charge in [0.05, 0.1) is 22.3 Å². The molecular weight excluding hydrogens is 354 g/mol. The molecule has 0 bridgehead atoms. The first-order valence-corrected chi connectivity index (χ1v) is 9.17. The van der Waals surface area contributed by atoms with Gasteiger partial charge < -0.3 is 4.90 Å².